The van der Waals surface area contributed by atoms with Crippen molar-refractivity contribution in [3.8, 4) is 34.4 Å². The van der Waals surface area contributed by atoms with E-state index in [1.165, 1.54) is 12.1 Å². The summed E-state index contributed by atoms with van der Waals surface area (Å²) in [7, 11) is 0. The van der Waals surface area contributed by atoms with Crippen LogP contribution >= 0.6 is 0 Å². The molecule has 34 heavy (non-hydrogen) atoms. The van der Waals surface area contributed by atoms with Crippen LogP contribution < -0.4 is 0 Å². The molecule has 5 rings (SSSR count). The molecular formula is C26H6F4N4. The molecule has 0 saturated heterocycles. The fourth-order valence-electron chi connectivity index (χ4n) is 4.59. The van der Waals surface area contributed by atoms with Crippen molar-refractivity contribution in [2.45, 2.75) is 0 Å². The van der Waals surface area contributed by atoms with E-state index < -0.39 is 34.7 Å². The number of halogens is 4. The van der Waals surface area contributed by atoms with Gasteiger partial charge in [0.15, 0.2) is 0 Å². The monoisotopic (exact) mass is 450 g/mol. The summed E-state index contributed by atoms with van der Waals surface area (Å²) in [6.07, 6.45) is 0. The highest BCUT2D eigenvalue weighted by Gasteiger charge is 2.36. The van der Waals surface area contributed by atoms with Gasteiger partial charge >= 0.3 is 0 Å². The first-order valence-electron chi connectivity index (χ1n) is 9.56. The Morgan fingerprint density at radius 3 is 1.29 bits per heavy atom. The second kappa shape index (κ2) is 7.17. The standard InChI is InChI=1S/C26H6F4N4/c1-33-21(9-31)25-15-7-14-16(8-13(15)23-17(25)3-11(27)5-19(23)29)26(22(10-32)34-2)18-4-12(28)6-20(30)24(14)18/h3-8H. The van der Waals surface area contributed by atoms with Gasteiger partial charge in [0, 0.05) is 34.4 Å². The van der Waals surface area contributed by atoms with Crippen LogP contribution in [0.1, 0.15) is 22.3 Å². The van der Waals surface area contributed by atoms with Crippen LogP contribution in [0.3, 0.4) is 0 Å². The molecule has 3 aromatic rings. The Morgan fingerprint density at radius 1 is 0.588 bits per heavy atom. The van der Waals surface area contributed by atoms with Gasteiger partial charge in [0.2, 0.25) is 0 Å². The number of benzene rings is 3. The van der Waals surface area contributed by atoms with Crippen LogP contribution in [0.4, 0.5) is 17.6 Å². The van der Waals surface area contributed by atoms with Gasteiger partial charge in [-0.25, -0.2) is 37.8 Å². The van der Waals surface area contributed by atoms with E-state index in [2.05, 4.69) is 9.69 Å². The van der Waals surface area contributed by atoms with Gasteiger partial charge in [0.25, 0.3) is 11.4 Å². The van der Waals surface area contributed by atoms with Crippen LogP contribution in [0.5, 0.6) is 0 Å². The SMILES string of the molecule is [C-]#[N+]C(C#N)=C1c2cc3c(cc2-c2c(F)cc(F)cc21)C(=C(C#N)[N+]#[C-])c1cc(F)cc(F)c1-3. The summed E-state index contributed by atoms with van der Waals surface area (Å²) < 4.78 is 58.1. The lowest BCUT2D eigenvalue weighted by Gasteiger charge is -2.09. The first kappa shape index (κ1) is 20.7. The second-order valence-corrected chi connectivity index (χ2v) is 7.46. The van der Waals surface area contributed by atoms with Gasteiger partial charge < -0.3 is 0 Å². The van der Waals surface area contributed by atoms with E-state index in [1.807, 2.05) is 0 Å². The second-order valence-electron chi connectivity index (χ2n) is 7.46. The van der Waals surface area contributed by atoms with E-state index in [1.54, 1.807) is 12.1 Å². The van der Waals surface area contributed by atoms with Gasteiger partial charge in [-0.3, -0.25) is 0 Å². The molecule has 0 heterocycles. The molecule has 0 amide bonds. The molecule has 0 atom stereocenters. The van der Waals surface area contributed by atoms with Gasteiger partial charge in [0.05, 0.1) is 25.3 Å². The highest BCUT2D eigenvalue weighted by Crippen LogP contribution is 2.54. The van der Waals surface area contributed by atoms with Crippen molar-refractivity contribution in [2.75, 3.05) is 0 Å². The average molecular weight is 450 g/mol. The largest absolute Gasteiger partial charge is 0.270 e. The van der Waals surface area contributed by atoms with Crippen molar-refractivity contribution >= 4 is 11.1 Å². The number of allylic oxidation sites excluding steroid dienone is 2. The van der Waals surface area contributed by atoms with E-state index in [4.69, 9.17) is 13.1 Å². The molecule has 0 saturated carbocycles. The molecule has 0 unspecified atom stereocenters. The molecular weight excluding hydrogens is 444 g/mol. The minimum atomic E-state index is -0.947. The minimum absolute atomic E-state index is 0.0141. The Morgan fingerprint density at radius 2 is 0.971 bits per heavy atom. The topological polar surface area (TPSA) is 56.3 Å². The van der Waals surface area contributed by atoms with Crippen LogP contribution in [-0.4, -0.2) is 0 Å². The molecule has 0 spiro atoms. The Balaban J connectivity index is 1.99. The summed E-state index contributed by atoms with van der Waals surface area (Å²) in [4.78, 5) is 6.38. The molecule has 0 N–H and O–H groups in total. The van der Waals surface area contributed by atoms with Gasteiger partial charge in [-0.1, -0.05) is 0 Å². The Bertz CT molecular complexity index is 1570. The Hall–Kier alpha value is -5.18. The molecule has 3 aromatic carbocycles. The van der Waals surface area contributed by atoms with E-state index in [0.717, 1.165) is 12.1 Å². The number of fused-ring (bicyclic) bond motifs is 6. The molecule has 158 valence electrons. The summed E-state index contributed by atoms with van der Waals surface area (Å²) >= 11 is 0. The van der Waals surface area contributed by atoms with Gasteiger partial charge in [-0.15, -0.1) is 0 Å². The fraction of sp³-hybridized carbons (Fsp3) is 0. The van der Waals surface area contributed by atoms with Crippen molar-refractivity contribution in [1.29, 1.82) is 10.5 Å². The molecule has 0 aliphatic heterocycles. The number of rotatable bonds is 0. The lowest BCUT2D eigenvalue weighted by molar-refractivity contribution is 0.584. The predicted molar refractivity (Wildman–Crippen MR) is 114 cm³/mol. The Labute approximate surface area is 190 Å². The maximum absolute atomic E-state index is 14.9. The van der Waals surface area contributed by atoms with Crippen LogP contribution in [0.15, 0.2) is 47.8 Å². The highest BCUT2D eigenvalue weighted by atomic mass is 19.1. The molecule has 0 bridgehead atoms. The van der Waals surface area contributed by atoms with E-state index in [9.17, 15) is 28.1 Å². The lowest BCUT2D eigenvalue weighted by atomic mass is 9.94. The van der Waals surface area contributed by atoms with Crippen molar-refractivity contribution in [2.24, 2.45) is 0 Å². The third-order valence-corrected chi connectivity index (χ3v) is 5.79. The summed E-state index contributed by atoms with van der Waals surface area (Å²) in [5.41, 5.74) is -0.341. The zero-order valence-electron chi connectivity index (χ0n) is 16.8. The van der Waals surface area contributed by atoms with Crippen molar-refractivity contribution in [3.05, 3.63) is 116 Å². The van der Waals surface area contributed by atoms with Crippen molar-refractivity contribution < 1.29 is 17.6 Å². The normalized spacial score (nSPS) is 15.1. The van der Waals surface area contributed by atoms with Gasteiger partial charge in [-0.2, -0.15) is 0 Å². The van der Waals surface area contributed by atoms with Crippen LogP contribution in [0.2, 0.25) is 0 Å². The fourth-order valence-corrected chi connectivity index (χ4v) is 4.59. The number of nitriles is 2. The van der Waals surface area contributed by atoms with Crippen molar-refractivity contribution in [3.63, 3.8) is 0 Å². The molecule has 0 radical (unpaired) electrons. The zero-order valence-corrected chi connectivity index (χ0v) is 16.8. The molecule has 2 aliphatic carbocycles. The Kier molecular flexibility index (Phi) is 4.37. The molecule has 0 fully saturated rings. The third-order valence-electron chi connectivity index (χ3n) is 5.79. The van der Waals surface area contributed by atoms with Crippen LogP contribution in [-0.2, 0) is 0 Å². The molecule has 8 heteroatoms. The van der Waals surface area contributed by atoms with Gasteiger partial charge in [-0.05, 0) is 57.6 Å². The average Bonchev–Trinajstić information content (AvgIpc) is 3.27. The summed E-state index contributed by atoms with van der Waals surface area (Å²) in [5.74, 6) is -3.72. The van der Waals surface area contributed by atoms with E-state index >= 15 is 0 Å². The first-order chi connectivity index (χ1) is 16.3. The molecule has 0 aromatic heterocycles. The van der Waals surface area contributed by atoms with Gasteiger partial charge in [0.1, 0.15) is 23.3 Å². The number of hydrogen-bond donors (Lipinski definition) is 0. The van der Waals surface area contributed by atoms with E-state index in [-0.39, 0.29) is 55.7 Å². The zero-order chi connectivity index (χ0) is 24.3. The number of nitrogens with zero attached hydrogens (tertiary/aromatic N) is 4. The summed E-state index contributed by atoms with van der Waals surface area (Å²) in [5, 5.41) is 19.0. The smallest absolute Gasteiger partial charge is 0.226 e. The maximum Gasteiger partial charge on any atom is 0.270 e. The summed E-state index contributed by atoms with van der Waals surface area (Å²) in [6.45, 7) is 14.7. The predicted octanol–water partition coefficient (Wildman–Crippen LogP) is 6.61. The van der Waals surface area contributed by atoms with Crippen LogP contribution in [0.25, 0.3) is 43.1 Å². The third kappa shape index (κ3) is 2.61. The van der Waals surface area contributed by atoms with Crippen molar-refractivity contribution in [1.82, 2.24) is 0 Å². The minimum Gasteiger partial charge on any atom is -0.226 e. The molecule has 4 nitrogen and oxygen atoms in total. The first-order valence-corrected chi connectivity index (χ1v) is 9.56. The number of hydrogen-bond acceptors (Lipinski definition) is 2. The van der Waals surface area contributed by atoms with E-state index in [0.29, 0.717) is 12.1 Å². The maximum atomic E-state index is 14.9. The lowest BCUT2D eigenvalue weighted by Crippen LogP contribution is -1.91. The highest BCUT2D eigenvalue weighted by molar-refractivity contribution is 6.10. The molecule has 2 aliphatic rings. The summed E-state index contributed by atoms with van der Waals surface area (Å²) in [6, 6.07) is 9.56. The quantitative estimate of drug-likeness (QED) is 0.151. The van der Waals surface area contributed by atoms with Crippen LogP contribution in [0, 0.1) is 59.1 Å².